The number of hydrogen-bond donors (Lipinski definition) is 2. The summed E-state index contributed by atoms with van der Waals surface area (Å²) in [6.07, 6.45) is 2.85. The zero-order valence-electron chi connectivity index (χ0n) is 18.2. The molecule has 0 saturated carbocycles. The Hall–Kier alpha value is -3.25. The van der Waals surface area contributed by atoms with E-state index in [1.54, 1.807) is 23.7 Å². The molecule has 7 heteroatoms. The van der Waals surface area contributed by atoms with Crippen molar-refractivity contribution in [2.75, 3.05) is 25.0 Å². The molecule has 1 fully saturated rings. The molecule has 2 heterocycles. The van der Waals surface area contributed by atoms with Gasteiger partial charge in [0, 0.05) is 55.7 Å². The molecule has 166 valence electrons. The third-order valence-electron chi connectivity index (χ3n) is 5.66. The molecule has 1 aromatic heterocycles. The zero-order chi connectivity index (χ0) is 22.3. The molecule has 0 radical (unpaired) electrons. The quantitative estimate of drug-likeness (QED) is 0.446. The Kier molecular flexibility index (Phi) is 7.12. The molecule has 0 aliphatic carbocycles. The normalized spacial score (nSPS) is 16.2. The molecule has 1 unspecified atom stereocenters. The molecule has 1 atom stereocenters. The molecule has 0 bridgehead atoms. The van der Waals surface area contributed by atoms with E-state index in [1.807, 2.05) is 30.5 Å². The van der Waals surface area contributed by atoms with E-state index >= 15 is 0 Å². The van der Waals surface area contributed by atoms with Crippen LogP contribution in [-0.2, 0) is 13.1 Å². The van der Waals surface area contributed by atoms with Gasteiger partial charge in [0.1, 0.15) is 0 Å². The van der Waals surface area contributed by atoms with E-state index in [0.717, 1.165) is 47.3 Å². The molecule has 32 heavy (non-hydrogen) atoms. The first-order chi connectivity index (χ1) is 15.6. The van der Waals surface area contributed by atoms with Crippen LogP contribution < -0.4 is 21.1 Å². The highest BCUT2D eigenvalue weighted by molar-refractivity contribution is 6.30. The Morgan fingerprint density at radius 3 is 2.66 bits per heavy atom. The lowest BCUT2D eigenvalue weighted by molar-refractivity contribution is 0.648. The fourth-order valence-corrected chi connectivity index (χ4v) is 4.09. The summed E-state index contributed by atoms with van der Waals surface area (Å²) < 4.78 is 1.70. The summed E-state index contributed by atoms with van der Waals surface area (Å²) in [6.45, 7) is 3.15. The molecule has 0 spiro atoms. The second-order valence-corrected chi connectivity index (χ2v) is 8.40. The molecule has 1 saturated heterocycles. The van der Waals surface area contributed by atoms with E-state index < -0.39 is 0 Å². The summed E-state index contributed by atoms with van der Waals surface area (Å²) in [5, 5.41) is 7.69. The Labute approximate surface area is 193 Å². The van der Waals surface area contributed by atoms with Gasteiger partial charge in [0.2, 0.25) is 0 Å². The number of rotatable bonds is 6. The van der Waals surface area contributed by atoms with Gasteiger partial charge in [-0.2, -0.15) is 0 Å². The van der Waals surface area contributed by atoms with Crippen LogP contribution in [0.2, 0.25) is 5.02 Å². The Balaban J connectivity index is 1.27. The van der Waals surface area contributed by atoms with Crippen LogP contribution in [0.15, 0.2) is 82.7 Å². The van der Waals surface area contributed by atoms with Crippen LogP contribution in [0.4, 0.5) is 5.69 Å². The van der Waals surface area contributed by atoms with Crippen LogP contribution in [0.5, 0.6) is 0 Å². The minimum Gasteiger partial charge on any atom is -0.369 e. The Morgan fingerprint density at radius 2 is 1.91 bits per heavy atom. The average molecular weight is 450 g/mol. The van der Waals surface area contributed by atoms with E-state index in [0.29, 0.717) is 19.1 Å². The van der Waals surface area contributed by atoms with Crippen LogP contribution in [0.25, 0.3) is 0 Å². The molecular formula is C25H28ClN5O. The average Bonchev–Trinajstić information content (AvgIpc) is 3.28. The van der Waals surface area contributed by atoms with E-state index in [-0.39, 0.29) is 5.56 Å². The van der Waals surface area contributed by atoms with Gasteiger partial charge in [0.15, 0.2) is 5.96 Å². The molecule has 2 aromatic carbocycles. The van der Waals surface area contributed by atoms with Crippen molar-refractivity contribution in [2.45, 2.75) is 25.6 Å². The predicted molar refractivity (Wildman–Crippen MR) is 132 cm³/mol. The lowest BCUT2D eigenvalue weighted by Gasteiger charge is -2.20. The van der Waals surface area contributed by atoms with Crippen LogP contribution in [0.1, 0.15) is 17.5 Å². The largest absolute Gasteiger partial charge is 0.369 e. The number of benzene rings is 2. The van der Waals surface area contributed by atoms with E-state index in [1.165, 1.54) is 0 Å². The Bertz CT molecular complexity index is 1130. The molecular weight excluding hydrogens is 422 g/mol. The summed E-state index contributed by atoms with van der Waals surface area (Å²) in [6, 6.07) is 21.8. The SMILES string of the molecule is CN=C(NCc1ccc(Cn2ccccc2=O)cc1)NC1CCN(c2cccc(Cl)c2)C1. The maximum atomic E-state index is 11.9. The topological polar surface area (TPSA) is 61.7 Å². The third-order valence-corrected chi connectivity index (χ3v) is 5.90. The number of aromatic nitrogens is 1. The fourth-order valence-electron chi connectivity index (χ4n) is 3.91. The first-order valence-corrected chi connectivity index (χ1v) is 11.2. The maximum absolute atomic E-state index is 11.9. The second kappa shape index (κ2) is 10.4. The first-order valence-electron chi connectivity index (χ1n) is 10.8. The third kappa shape index (κ3) is 5.71. The number of nitrogens with zero attached hydrogens (tertiary/aromatic N) is 3. The van der Waals surface area contributed by atoms with Crippen LogP contribution in [-0.4, -0.2) is 36.7 Å². The highest BCUT2D eigenvalue weighted by Gasteiger charge is 2.23. The maximum Gasteiger partial charge on any atom is 0.250 e. The van der Waals surface area contributed by atoms with Crippen molar-refractivity contribution in [1.29, 1.82) is 0 Å². The number of guanidine groups is 1. The lowest BCUT2D eigenvalue weighted by Crippen LogP contribution is -2.44. The van der Waals surface area contributed by atoms with Crippen molar-refractivity contribution in [2.24, 2.45) is 4.99 Å². The highest BCUT2D eigenvalue weighted by Crippen LogP contribution is 2.23. The molecule has 4 rings (SSSR count). The van der Waals surface area contributed by atoms with Gasteiger partial charge in [-0.1, -0.05) is 48.0 Å². The molecule has 1 aliphatic rings. The highest BCUT2D eigenvalue weighted by atomic mass is 35.5. The number of halogens is 1. The van der Waals surface area contributed by atoms with Gasteiger partial charge in [0.25, 0.3) is 5.56 Å². The van der Waals surface area contributed by atoms with Gasteiger partial charge in [-0.05, 0) is 41.8 Å². The van der Waals surface area contributed by atoms with Crippen molar-refractivity contribution in [3.8, 4) is 0 Å². The lowest BCUT2D eigenvalue weighted by atomic mass is 10.1. The minimum atomic E-state index is 0.00829. The van der Waals surface area contributed by atoms with Crippen molar-refractivity contribution in [1.82, 2.24) is 15.2 Å². The van der Waals surface area contributed by atoms with Gasteiger partial charge < -0.3 is 20.1 Å². The van der Waals surface area contributed by atoms with E-state index in [2.05, 4.69) is 50.9 Å². The minimum absolute atomic E-state index is 0.00829. The van der Waals surface area contributed by atoms with Gasteiger partial charge in [0.05, 0.1) is 6.54 Å². The monoisotopic (exact) mass is 449 g/mol. The smallest absolute Gasteiger partial charge is 0.250 e. The number of pyridine rings is 1. The summed E-state index contributed by atoms with van der Waals surface area (Å²) in [7, 11) is 1.79. The zero-order valence-corrected chi connectivity index (χ0v) is 18.9. The van der Waals surface area contributed by atoms with Gasteiger partial charge in [-0.25, -0.2) is 0 Å². The number of hydrogen-bond acceptors (Lipinski definition) is 3. The Morgan fingerprint density at radius 1 is 1.09 bits per heavy atom. The summed E-state index contributed by atoms with van der Waals surface area (Å²) >= 11 is 6.14. The first kappa shape index (κ1) is 22.0. The van der Waals surface area contributed by atoms with Crippen LogP contribution in [0.3, 0.4) is 0 Å². The summed E-state index contributed by atoms with van der Waals surface area (Å²) in [5.74, 6) is 0.794. The summed E-state index contributed by atoms with van der Waals surface area (Å²) in [5.41, 5.74) is 3.41. The van der Waals surface area contributed by atoms with Gasteiger partial charge >= 0.3 is 0 Å². The van der Waals surface area contributed by atoms with Crippen molar-refractivity contribution in [3.05, 3.63) is 99.4 Å². The number of anilines is 1. The fraction of sp³-hybridized carbons (Fsp3) is 0.280. The van der Waals surface area contributed by atoms with Crippen molar-refractivity contribution < 1.29 is 0 Å². The molecule has 0 amide bonds. The van der Waals surface area contributed by atoms with Crippen molar-refractivity contribution in [3.63, 3.8) is 0 Å². The molecule has 3 aromatic rings. The summed E-state index contributed by atoms with van der Waals surface area (Å²) in [4.78, 5) is 18.6. The van der Waals surface area contributed by atoms with Crippen LogP contribution >= 0.6 is 11.6 Å². The molecule has 1 aliphatic heterocycles. The van der Waals surface area contributed by atoms with Crippen molar-refractivity contribution >= 4 is 23.2 Å². The second-order valence-electron chi connectivity index (χ2n) is 7.96. The molecule has 6 nitrogen and oxygen atoms in total. The van der Waals surface area contributed by atoms with Gasteiger partial charge in [-0.15, -0.1) is 0 Å². The van der Waals surface area contributed by atoms with E-state index in [9.17, 15) is 4.79 Å². The molecule has 2 N–H and O–H groups in total. The van der Waals surface area contributed by atoms with Crippen LogP contribution in [0, 0.1) is 0 Å². The van der Waals surface area contributed by atoms with Gasteiger partial charge in [-0.3, -0.25) is 9.79 Å². The number of nitrogens with one attached hydrogen (secondary N) is 2. The van der Waals surface area contributed by atoms with E-state index in [4.69, 9.17) is 11.6 Å². The predicted octanol–water partition coefficient (Wildman–Crippen LogP) is 3.49. The number of aliphatic imine (C=N–C) groups is 1. The standard InChI is InChI=1S/C25H28ClN5O/c1-27-25(29-22-12-14-30(18-22)23-6-4-5-21(26)15-23)28-16-19-8-10-20(11-9-19)17-31-13-3-2-7-24(31)32/h2-11,13,15,22H,12,14,16-18H2,1H3,(H2,27,28,29).